The van der Waals surface area contributed by atoms with Gasteiger partial charge in [0, 0.05) is 17.4 Å². The normalized spacial score (nSPS) is 18.2. The molecule has 0 aliphatic carbocycles. The lowest BCUT2D eigenvalue weighted by atomic mass is 10.2. The molecule has 1 saturated heterocycles. The van der Waals surface area contributed by atoms with E-state index in [2.05, 4.69) is 15.3 Å². The van der Waals surface area contributed by atoms with E-state index < -0.39 is 0 Å². The van der Waals surface area contributed by atoms with Gasteiger partial charge < -0.3 is 5.32 Å². The minimum atomic E-state index is -0.156. The van der Waals surface area contributed by atoms with Gasteiger partial charge in [0.2, 0.25) is 0 Å². The largest absolute Gasteiger partial charge is 0.300 e. The van der Waals surface area contributed by atoms with Gasteiger partial charge in [-0.25, -0.2) is 4.99 Å². The molecule has 0 radical (unpaired) electrons. The number of nitrogens with one attached hydrogen (secondary N) is 1. The molecule has 2 aromatic rings. The van der Waals surface area contributed by atoms with Crippen LogP contribution in [0.5, 0.6) is 0 Å². The molecule has 1 aliphatic heterocycles. The Bertz CT molecular complexity index is 726. The van der Waals surface area contributed by atoms with E-state index >= 15 is 0 Å². The van der Waals surface area contributed by atoms with Crippen molar-refractivity contribution in [3.05, 3.63) is 64.3 Å². The number of carbonyl (C=O) groups is 1. The number of carbonyl (C=O) groups excluding carboxylic acids is 1. The summed E-state index contributed by atoms with van der Waals surface area (Å²) in [5.74, 6) is -0.156. The highest BCUT2D eigenvalue weighted by Gasteiger charge is 2.23. The smallest absolute Gasteiger partial charge is 0.264 e. The molecule has 104 valence electrons. The maximum atomic E-state index is 11.9. The number of aliphatic imine (C=N–C) groups is 1. The summed E-state index contributed by atoms with van der Waals surface area (Å²) in [6.07, 6.45) is 5.18. The monoisotopic (exact) mass is 315 g/mol. The van der Waals surface area contributed by atoms with Gasteiger partial charge in [-0.05, 0) is 53.7 Å². The van der Waals surface area contributed by atoms with Gasteiger partial charge in [0.05, 0.1) is 10.6 Å². The van der Waals surface area contributed by atoms with Crippen LogP contribution in [0.15, 0.2) is 58.7 Å². The SMILES string of the molecule is O=C1NC(=Nc2ccc(Cl)cc2)S/C1=C\c1cccnc1. The van der Waals surface area contributed by atoms with Gasteiger partial charge in [0.25, 0.3) is 5.91 Å². The van der Waals surface area contributed by atoms with E-state index in [-0.39, 0.29) is 5.91 Å². The van der Waals surface area contributed by atoms with Crippen molar-refractivity contribution in [3.63, 3.8) is 0 Å². The molecule has 1 aliphatic rings. The first-order valence-electron chi connectivity index (χ1n) is 6.16. The standard InChI is InChI=1S/C15H10ClN3OS/c16-11-3-5-12(6-4-11)18-15-19-14(20)13(21-15)8-10-2-1-7-17-9-10/h1-9H,(H,18,19,20)/b13-8-. The Kier molecular flexibility index (Phi) is 4.03. The second-order valence-corrected chi connectivity index (χ2v) is 5.71. The zero-order valence-electron chi connectivity index (χ0n) is 10.8. The number of aromatic nitrogens is 1. The molecular formula is C15H10ClN3OS. The Hall–Kier alpha value is -2.11. The fraction of sp³-hybridized carbons (Fsp3) is 0. The van der Waals surface area contributed by atoms with E-state index in [1.807, 2.05) is 12.1 Å². The third kappa shape index (κ3) is 3.51. The first-order valence-corrected chi connectivity index (χ1v) is 7.35. The number of hydrogen-bond donors (Lipinski definition) is 1. The number of amidine groups is 1. The molecule has 0 spiro atoms. The third-order valence-electron chi connectivity index (χ3n) is 2.69. The first-order chi connectivity index (χ1) is 10.2. The fourth-order valence-corrected chi connectivity index (χ4v) is 2.69. The highest BCUT2D eigenvalue weighted by Crippen LogP contribution is 2.28. The second-order valence-electron chi connectivity index (χ2n) is 4.24. The number of benzene rings is 1. The Morgan fingerprint density at radius 3 is 2.76 bits per heavy atom. The summed E-state index contributed by atoms with van der Waals surface area (Å²) < 4.78 is 0. The fourth-order valence-electron chi connectivity index (χ4n) is 1.73. The van der Waals surface area contributed by atoms with Gasteiger partial charge in [-0.3, -0.25) is 9.78 Å². The minimum Gasteiger partial charge on any atom is -0.300 e. The number of thioether (sulfide) groups is 1. The molecule has 1 aromatic carbocycles. The lowest BCUT2D eigenvalue weighted by molar-refractivity contribution is -0.115. The summed E-state index contributed by atoms with van der Waals surface area (Å²) in [4.78, 5) is 20.9. The van der Waals surface area contributed by atoms with Crippen molar-refractivity contribution >= 4 is 46.2 Å². The van der Waals surface area contributed by atoms with Crippen molar-refractivity contribution in [1.82, 2.24) is 10.3 Å². The molecule has 1 aromatic heterocycles. The molecule has 6 heteroatoms. The van der Waals surface area contributed by atoms with Crippen LogP contribution in [0.4, 0.5) is 5.69 Å². The average molecular weight is 316 g/mol. The summed E-state index contributed by atoms with van der Waals surface area (Å²) in [7, 11) is 0. The van der Waals surface area contributed by atoms with Crippen LogP contribution < -0.4 is 5.32 Å². The van der Waals surface area contributed by atoms with Crippen molar-refractivity contribution in [2.45, 2.75) is 0 Å². The van der Waals surface area contributed by atoms with Gasteiger partial charge in [-0.15, -0.1) is 0 Å². The van der Waals surface area contributed by atoms with Gasteiger partial charge in [-0.1, -0.05) is 17.7 Å². The molecule has 1 amide bonds. The number of hydrogen-bond acceptors (Lipinski definition) is 4. The molecule has 2 heterocycles. The predicted octanol–water partition coefficient (Wildman–Crippen LogP) is 3.63. The molecule has 0 atom stereocenters. The molecule has 0 unspecified atom stereocenters. The molecule has 21 heavy (non-hydrogen) atoms. The van der Waals surface area contributed by atoms with Crippen LogP contribution in [0.25, 0.3) is 6.08 Å². The average Bonchev–Trinajstić information content (AvgIpc) is 2.82. The predicted molar refractivity (Wildman–Crippen MR) is 86.5 cm³/mol. The van der Waals surface area contributed by atoms with Crippen LogP contribution in [-0.4, -0.2) is 16.1 Å². The van der Waals surface area contributed by atoms with E-state index in [0.29, 0.717) is 15.1 Å². The van der Waals surface area contributed by atoms with E-state index in [0.717, 1.165) is 11.3 Å². The number of pyridine rings is 1. The Morgan fingerprint density at radius 2 is 2.05 bits per heavy atom. The quantitative estimate of drug-likeness (QED) is 0.861. The van der Waals surface area contributed by atoms with Crippen LogP contribution in [0.3, 0.4) is 0 Å². The van der Waals surface area contributed by atoms with Crippen LogP contribution in [0, 0.1) is 0 Å². The Morgan fingerprint density at radius 1 is 1.24 bits per heavy atom. The van der Waals surface area contributed by atoms with Crippen molar-refractivity contribution < 1.29 is 4.79 Å². The number of nitrogens with zero attached hydrogens (tertiary/aromatic N) is 2. The van der Waals surface area contributed by atoms with Crippen molar-refractivity contribution in [2.24, 2.45) is 4.99 Å². The van der Waals surface area contributed by atoms with Crippen molar-refractivity contribution in [3.8, 4) is 0 Å². The van der Waals surface area contributed by atoms with Crippen LogP contribution in [0.2, 0.25) is 5.02 Å². The van der Waals surface area contributed by atoms with Gasteiger partial charge in [0.1, 0.15) is 0 Å². The Balaban J connectivity index is 1.81. The molecule has 1 N–H and O–H groups in total. The zero-order chi connectivity index (χ0) is 14.7. The molecule has 3 rings (SSSR count). The van der Waals surface area contributed by atoms with Gasteiger partial charge >= 0.3 is 0 Å². The lowest BCUT2D eigenvalue weighted by Crippen LogP contribution is -2.19. The van der Waals surface area contributed by atoms with Crippen molar-refractivity contribution in [1.29, 1.82) is 0 Å². The van der Waals surface area contributed by atoms with E-state index in [9.17, 15) is 4.79 Å². The van der Waals surface area contributed by atoms with Gasteiger partial charge in [-0.2, -0.15) is 0 Å². The lowest BCUT2D eigenvalue weighted by Gasteiger charge is -1.96. The van der Waals surface area contributed by atoms with Gasteiger partial charge in [0.15, 0.2) is 5.17 Å². The van der Waals surface area contributed by atoms with Crippen LogP contribution >= 0.6 is 23.4 Å². The highest BCUT2D eigenvalue weighted by molar-refractivity contribution is 8.18. The second kappa shape index (κ2) is 6.11. The molecular weight excluding hydrogens is 306 g/mol. The van der Waals surface area contributed by atoms with Crippen LogP contribution in [0.1, 0.15) is 5.56 Å². The van der Waals surface area contributed by atoms with E-state index in [1.54, 1.807) is 42.7 Å². The number of rotatable bonds is 2. The molecule has 0 saturated carbocycles. The summed E-state index contributed by atoms with van der Waals surface area (Å²) in [6, 6.07) is 10.8. The maximum Gasteiger partial charge on any atom is 0.264 e. The Labute approximate surface area is 131 Å². The van der Waals surface area contributed by atoms with E-state index in [4.69, 9.17) is 11.6 Å². The molecule has 1 fully saturated rings. The van der Waals surface area contributed by atoms with E-state index in [1.165, 1.54) is 11.8 Å². The molecule has 0 bridgehead atoms. The summed E-state index contributed by atoms with van der Waals surface area (Å²) in [5, 5.41) is 3.94. The number of amides is 1. The third-order valence-corrected chi connectivity index (χ3v) is 3.85. The molecule has 4 nitrogen and oxygen atoms in total. The zero-order valence-corrected chi connectivity index (χ0v) is 12.4. The van der Waals surface area contributed by atoms with Crippen LogP contribution in [-0.2, 0) is 4.79 Å². The maximum absolute atomic E-state index is 11.9. The first kappa shape index (κ1) is 13.9. The van der Waals surface area contributed by atoms with Crippen molar-refractivity contribution in [2.75, 3.05) is 0 Å². The summed E-state index contributed by atoms with van der Waals surface area (Å²) in [5.41, 5.74) is 1.62. The summed E-state index contributed by atoms with van der Waals surface area (Å²) in [6.45, 7) is 0. The number of halogens is 1. The minimum absolute atomic E-state index is 0.156. The highest BCUT2D eigenvalue weighted by atomic mass is 35.5. The summed E-state index contributed by atoms with van der Waals surface area (Å²) >= 11 is 7.13. The topological polar surface area (TPSA) is 54.4 Å².